The van der Waals surface area contributed by atoms with Crippen molar-refractivity contribution in [2.24, 2.45) is 0 Å². The van der Waals surface area contributed by atoms with Crippen LogP contribution >= 0.6 is 0 Å². The third-order valence-electron chi connectivity index (χ3n) is 6.75. The van der Waals surface area contributed by atoms with Gasteiger partial charge in [0.15, 0.2) is 5.78 Å². The molecule has 0 bridgehead atoms. The lowest BCUT2D eigenvalue weighted by Crippen LogP contribution is -2.48. The van der Waals surface area contributed by atoms with Crippen LogP contribution in [0, 0.1) is 0 Å². The summed E-state index contributed by atoms with van der Waals surface area (Å²) in [7, 11) is -4.02. The predicted molar refractivity (Wildman–Crippen MR) is 139 cm³/mol. The first kappa shape index (κ1) is 28.5. The number of hydrogen-bond acceptors (Lipinski definition) is 5. The number of nitrogens with zero attached hydrogens (tertiary/aromatic N) is 1. The molecule has 0 spiro atoms. The van der Waals surface area contributed by atoms with Gasteiger partial charge in [-0.05, 0) is 65.9 Å². The van der Waals surface area contributed by atoms with E-state index in [-0.39, 0.29) is 48.0 Å². The molecule has 1 saturated heterocycles. The largest absolute Gasteiger partial charge is 0.508 e. The zero-order valence-electron chi connectivity index (χ0n) is 21.0. The number of phenols is 1. The summed E-state index contributed by atoms with van der Waals surface area (Å²) in [6, 6.07) is 15.7. The van der Waals surface area contributed by atoms with E-state index in [4.69, 9.17) is 0 Å². The van der Waals surface area contributed by atoms with Gasteiger partial charge in [0, 0.05) is 25.8 Å². The Kier molecular flexibility index (Phi) is 8.56. The molecule has 0 unspecified atom stereocenters. The second kappa shape index (κ2) is 11.7. The molecule has 6 nitrogen and oxygen atoms in total. The van der Waals surface area contributed by atoms with Crippen molar-refractivity contribution < 1.29 is 36.3 Å². The van der Waals surface area contributed by atoms with Crippen molar-refractivity contribution in [1.29, 1.82) is 0 Å². The zero-order valence-corrected chi connectivity index (χ0v) is 21.8. The van der Waals surface area contributed by atoms with Crippen molar-refractivity contribution in [3.8, 4) is 5.75 Å². The minimum atomic E-state index is -4.48. The van der Waals surface area contributed by atoms with Crippen LogP contribution in [0.5, 0.6) is 5.75 Å². The van der Waals surface area contributed by atoms with Crippen LogP contribution in [0.25, 0.3) is 0 Å². The Labute approximate surface area is 225 Å². The molecule has 0 aliphatic carbocycles. The molecule has 0 amide bonds. The number of ketones is 2. The lowest BCUT2D eigenvalue weighted by molar-refractivity contribution is -0.137. The summed E-state index contributed by atoms with van der Waals surface area (Å²) in [5.74, 6) is -0.323. The van der Waals surface area contributed by atoms with Gasteiger partial charge in [0.2, 0.25) is 10.0 Å². The molecule has 0 radical (unpaired) electrons. The van der Waals surface area contributed by atoms with Gasteiger partial charge in [-0.25, -0.2) is 8.42 Å². The van der Waals surface area contributed by atoms with Crippen LogP contribution in [-0.4, -0.2) is 42.0 Å². The fourth-order valence-corrected chi connectivity index (χ4v) is 6.37. The molecule has 3 aromatic rings. The van der Waals surface area contributed by atoms with Gasteiger partial charge in [-0.2, -0.15) is 17.5 Å². The Hall–Kier alpha value is -3.50. The Balaban J connectivity index is 1.43. The van der Waals surface area contributed by atoms with Gasteiger partial charge in [0.25, 0.3) is 0 Å². The summed E-state index contributed by atoms with van der Waals surface area (Å²) < 4.78 is 66.7. The van der Waals surface area contributed by atoms with Gasteiger partial charge in [-0.15, -0.1) is 0 Å². The van der Waals surface area contributed by atoms with E-state index in [1.165, 1.54) is 40.7 Å². The molecule has 1 aliphatic rings. The van der Waals surface area contributed by atoms with E-state index in [9.17, 15) is 36.3 Å². The van der Waals surface area contributed by atoms with Crippen LogP contribution in [0.15, 0.2) is 77.7 Å². The van der Waals surface area contributed by atoms with Gasteiger partial charge in [0.1, 0.15) is 11.5 Å². The maximum atomic E-state index is 13.5. The van der Waals surface area contributed by atoms with E-state index in [2.05, 4.69) is 0 Å². The molecule has 206 valence electrons. The van der Waals surface area contributed by atoms with E-state index in [0.29, 0.717) is 30.4 Å². The first-order chi connectivity index (χ1) is 18.4. The average Bonchev–Trinajstić information content (AvgIpc) is 2.90. The maximum absolute atomic E-state index is 13.5. The second-order valence-corrected chi connectivity index (χ2v) is 11.6. The highest BCUT2D eigenvalue weighted by atomic mass is 32.2. The highest BCUT2D eigenvalue weighted by molar-refractivity contribution is 7.89. The third-order valence-corrected chi connectivity index (χ3v) is 8.68. The Bertz CT molecular complexity index is 1420. The summed E-state index contributed by atoms with van der Waals surface area (Å²) in [6.45, 7) is 0.165. The molecular formula is C29H28F3NO5S. The Morgan fingerprint density at radius 2 is 1.31 bits per heavy atom. The second-order valence-electron chi connectivity index (χ2n) is 9.67. The minimum absolute atomic E-state index is 0.00598. The molecule has 1 aliphatic heterocycles. The zero-order chi connectivity index (χ0) is 28.2. The summed E-state index contributed by atoms with van der Waals surface area (Å²) in [4.78, 5) is 25.6. The average molecular weight is 560 g/mol. The molecule has 1 heterocycles. The SMILES string of the molecule is O=C(Cc1ccc(O)cc1)Cc1ccc(S(=O)(=O)N2CCCC[C@H]2C(=O)Cc2ccc(C(F)(F)F)cc2)cc1. The minimum Gasteiger partial charge on any atom is -0.508 e. The standard InChI is InChI=1S/C29H28F3NO5S/c30-29(31,32)23-10-4-22(5-11-23)19-28(36)27-3-1-2-16-33(27)39(37,38)26-14-8-21(9-15-26)18-25(35)17-20-6-12-24(34)13-7-20/h4-15,27,34H,1-3,16-19H2/t27-/m0/s1. The number of Topliss-reactive ketones (excluding diaryl/α,β-unsaturated/α-hetero) is 2. The normalized spacial score (nSPS) is 16.6. The number of carbonyl (C=O) groups excluding carboxylic acids is 2. The van der Waals surface area contributed by atoms with Crippen LogP contribution < -0.4 is 0 Å². The van der Waals surface area contributed by atoms with Crippen molar-refractivity contribution in [2.45, 2.75) is 55.6 Å². The van der Waals surface area contributed by atoms with E-state index in [1.807, 2.05) is 0 Å². The molecule has 3 aromatic carbocycles. The predicted octanol–water partition coefficient (Wildman–Crippen LogP) is 5.12. The van der Waals surface area contributed by atoms with Gasteiger partial charge >= 0.3 is 6.18 Å². The molecule has 1 atom stereocenters. The fraction of sp³-hybridized carbons (Fsp3) is 0.310. The molecule has 0 saturated carbocycles. The van der Waals surface area contributed by atoms with Gasteiger partial charge in [-0.1, -0.05) is 42.8 Å². The smallest absolute Gasteiger partial charge is 0.416 e. The number of alkyl halides is 3. The lowest BCUT2D eigenvalue weighted by atomic mass is 9.96. The van der Waals surface area contributed by atoms with E-state index in [1.54, 1.807) is 24.3 Å². The monoisotopic (exact) mass is 559 g/mol. The Morgan fingerprint density at radius 1 is 0.795 bits per heavy atom. The van der Waals surface area contributed by atoms with Crippen molar-refractivity contribution in [3.05, 3.63) is 95.1 Å². The molecule has 4 rings (SSSR count). The molecule has 39 heavy (non-hydrogen) atoms. The summed E-state index contributed by atoms with van der Waals surface area (Å²) in [5, 5.41) is 9.37. The van der Waals surface area contributed by atoms with Crippen LogP contribution in [0.3, 0.4) is 0 Å². The number of hydrogen-bond donors (Lipinski definition) is 1. The van der Waals surface area contributed by atoms with Gasteiger partial charge in [-0.3, -0.25) is 9.59 Å². The number of carbonyl (C=O) groups is 2. The maximum Gasteiger partial charge on any atom is 0.416 e. The summed E-state index contributed by atoms with van der Waals surface area (Å²) in [6.07, 6.45) is -2.77. The molecule has 1 N–H and O–H groups in total. The third kappa shape index (κ3) is 7.13. The van der Waals surface area contributed by atoms with E-state index in [0.717, 1.165) is 17.7 Å². The number of benzene rings is 3. The summed E-state index contributed by atoms with van der Waals surface area (Å²) >= 11 is 0. The topological polar surface area (TPSA) is 91.8 Å². The molecular weight excluding hydrogens is 531 g/mol. The highest BCUT2D eigenvalue weighted by Crippen LogP contribution is 2.30. The highest BCUT2D eigenvalue weighted by Gasteiger charge is 2.37. The molecule has 1 fully saturated rings. The number of halogens is 3. The van der Waals surface area contributed by atoms with E-state index >= 15 is 0 Å². The van der Waals surface area contributed by atoms with Crippen LogP contribution in [0.4, 0.5) is 13.2 Å². The van der Waals surface area contributed by atoms with Crippen LogP contribution in [0.1, 0.15) is 41.5 Å². The first-order valence-corrected chi connectivity index (χ1v) is 14.0. The van der Waals surface area contributed by atoms with Gasteiger partial charge in [0.05, 0.1) is 16.5 Å². The van der Waals surface area contributed by atoms with Crippen LogP contribution in [-0.2, 0) is 45.1 Å². The quantitative estimate of drug-likeness (QED) is 0.393. The molecule has 0 aromatic heterocycles. The number of piperidine rings is 1. The number of aromatic hydroxyl groups is 1. The van der Waals surface area contributed by atoms with Crippen molar-refractivity contribution >= 4 is 21.6 Å². The first-order valence-electron chi connectivity index (χ1n) is 12.5. The van der Waals surface area contributed by atoms with Gasteiger partial charge < -0.3 is 5.11 Å². The van der Waals surface area contributed by atoms with Crippen molar-refractivity contribution in [3.63, 3.8) is 0 Å². The molecule has 10 heteroatoms. The van der Waals surface area contributed by atoms with Crippen LogP contribution in [0.2, 0.25) is 0 Å². The van der Waals surface area contributed by atoms with Crippen molar-refractivity contribution in [2.75, 3.05) is 6.54 Å². The number of sulfonamides is 1. The number of rotatable bonds is 9. The fourth-order valence-electron chi connectivity index (χ4n) is 4.69. The number of phenolic OH excluding ortho intramolecular Hbond substituents is 1. The lowest BCUT2D eigenvalue weighted by Gasteiger charge is -2.33. The Morgan fingerprint density at radius 3 is 1.87 bits per heavy atom. The van der Waals surface area contributed by atoms with Crippen molar-refractivity contribution in [1.82, 2.24) is 4.31 Å². The van der Waals surface area contributed by atoms with E-state index < -0.39 is 27.8 Å². The summed E-state index contributed by atoms with van der Waals surface area (Å²) in [5.41, 5.74) is 0.976.